The van der Waals surface area contributed by atoms with Crippen LogP contribution in [0.15, 0.2) is 36.5 Å². The number of aryl methyl sites for hydroxylation is 1. The van der Waals surface area contributed by atoms with E-state index >= 15 is 0 Å². The lowest BCUT2D eigenvalue weighted by atomic mass is 9.75. The number of nitrogens with zero attached hydrogens (tertiary/aromatic N) is 2. The Labute approximate surface area is 126 Å². The number of nitrogens with two attached hydrogens (primary N) is 1. The smallest absolute Gasteiger partial charge is 0.0635 e. The Morgan fingerprint density at radius 1 is 1.29 bits per heavy atom. The second-order valence-electron chi connectivity index (χ2n) is 6.02. The number of rotatable bonds is 6. The predicted octanol–water partition coefficient (Wildman–Crippen LogP) is 2.20. The summed E-state index contributed by atoms with van der Waals surface area (Å²) in [5.74, 6) is 0. The zero-order valence-corrected chi connectivity index (χ0v) is 13.1. The van der Waals surface area contributed by atoms with E-state index in [1.165, 1.54) is 0 Å². The topological polar surface area (TPSA) is 64.1 Å². The molecule has 0 bridgehead atoms. The maximum Gasteiger partial charge on any atom is 0.0635 e. The number of hydrogen-bond donors (Lipinski definition) is 2. The molecule has 114 valence electrons. The summed E-state index contributed by atoms with van der Waals surface area (Å²) in [5, 5.41) is 14.6. The lowest BCUT2D eigenvalue weighted by Gasteiger charge is -2.32. The second-order valence-corrected chi connectivity index (χ2v) is 6.02. The molecule has 0 aliphatic heterocycles. The summed E-state index contributed by atoms with van der Waals surface area (Å²) >= 11 is 0. The van der Waals surface area contributed by atoms with Gasteiger partial charge in [-0.05, 0) is 38.0 Å². The SMILES string of the molecule is Cc1ccccc1C(CN)(CO)Cc1ccn(C(C)C)n1. The second kappa shape index (κ2) is 6.41. The first-order valence-corrected chi connectivity index (χ1v) is 7.43. The monoisotopic (exact) mass is 287 g/mol. The Hall–Kier alpha value is -1.65. The molecule has 1 unspecified atom stereocenters. The first-order chi connectivity index (χ1) is 10.0. The van der Waals surface area contributed by atoms with Crippen molar-refractivity contribution in [3.8, 4) is 0 Å². The maximum atomic E-state index is 10.0. The van der Waals surface area contributed by atoms with E-state index in [-0.39, 0.29) is 6.61 Å². The molecule has 2 aromatic rings. The molecule has 1 heterocycles. The molecule has 0 saturated carbocycles. The van der Waals surface area contributed by atoms with Gasteiger partial charge in [-0.2, -0.15) is 5.10 Å². The van der Waals surface area contributed by atoms with Crippen LogP contribution < -0.4 is 5.73 Å². The summed E-state index contributed by atoms with van der Waals surface area (Å²) in [7, 11) is 0. The van der Waals surface area contributed by atoms with Crippen LogP contribution in [-0.2, 0) is 11.8 Å². The van der Waals surface area contributed by atoms with Crippen molar-refractivity contribution in [1.29, 1.82) is 0 Å². The Bertz CT molecular complexity index is 585. The molecule has 3 N–H and O–H groups in total. The third-order valence-corrected chi connectivity index (χ3v) is 4.12. The zero-order valence-electron chi connectivity index (χ0n) is 13.1. The van der Waals surface area contributed by atoms with Gasteiger partial charge in [0.15, 0.2) is 0 Å². The molecular weight excluding hydrogens is 262 g/mol. The van der Waals surface area contributed by atoms with Crippen molar-refractivity contribution >= 4 is 0 Å². The van der Waals surface area contributed by atoms with Gasteiger partial charge in [0.1, 0.15) is 0 Å². The van der Waals surface area contributed by atoms with Crippen molar-refractivity contribution in [3.63, 3.8) is 0 Å². The highest BCUT2D eigenvalue weighted by Crippen LogP contribution is 2.29. The molecule has 21 heavy (non-hydrogen) atoms. The van der Waals surface area contributed by atoms with Crippen LogP contribution in [0.4, 0.5) is 0 Å². The standard InChI is InChI=1S/C17H25N3O/c1-13(2)20-9-8-15(19-20)10-17(11-18,12-21)16-7-5-4-6-14(16)3/h4-9,13,21H,10-12,18H2,1-3H3. The van der Waals surface area contributed by atoms with Crippen molar-refractivity contribution in [1.82, 2.24) is 9.78 Å². The van der Waals surface area contributed by atoms with Gasteiger partial charge in [0.2, 0.25) is 0 Å². The van der Waals surface area contributed by atoms with E-state index in [0.29, 0.717) is 19.0 Å². The number of aromatic nitrogens is 2. The van der Waals surface area contributed by atoms with E-state index in [1.807, 2.05) is 29.1 Å². The summed E-state index contributed by atoms with van der Waals surface area (Å²) in [6.45, 7) is 6.66. The van der Waals surface area contributed by atoms with Crippen molar-refractivity contribution in [2.24, 2.45) is 5.73 Å². The summed E-state index contributed by atoms with van der Waals surface area (Å²) in [5.41, 5.74) is 8.79. The van der Waals surface area contributed by atoms with Gasteiger partial charge in [-0.1, -0.05) is 24.3 Å². The molecule has 4 heteroatoms. The Morgan fingerprint density at radius 3 is 2.52 bits per heavy atom. The minimum Gasteiger partial charge on any atom is -0.395 e. The molecule has 1 atom stereocenters. The Kier molecular flexibility index (Phi) is 4.80. The lowest BCUT2D eigenvalue weighted by Crippen LogP contribution is -2.41. The molecule has 0 aliphatic carbocycles. The molecule has 0 saturated heterocycles. The average Bonchev–Trinajstić information content (AvgIpc) is 2.94. The Morgan fingerprint density at radius 2 is 2.00 bits per heavy atom. The van der Waals surface area contributed by atoms with Crippen LogP contribution in [0.3, 0.4) is 0 Å². The van der Waals surface area contributed by atoms with Crippen LogP contribution in [0.2, 0.25) is 0 Å². The first-order valence-electron chi connectivity index (χ1n) is 7.43. The molecule has 0 radical (unpaired) electrons. The molecule has 0 amide bonds. The van der Waals surface area contributed by atoms with Gasteiger partial charge in [0.25, 0.3) is 0 Å². The summed E-state index contributed by atoms with van der Waals surface area (Å²) in [6, 6.07) is 10.5. The van der Waals surface area contributed by atoms with Crippen molar-refractivity contribution in [2.45, 2.75) is 38.6 Å². The fourth-order valence-corrected chi connectivity index (χ4v) is 2.76. The van der Waals surface area contributed by atoms with Gasteiger partial charge in [0.05, 0.1) is 12.3 Å². The number of benzene rings is 1. The third-order valence-electron chi connectivity index (χ3n) is 4.12. The summed E-state index contributed by atoms with van der Waals surface area (Å²) in [4.78, 5) is 0. The molecule has 1 aromatic carbocycles. The molecule has 1 aromatic heterocycles. The van der Waals surface area contributed by atoms with Gasteiger partial charge < -0.3 is 10.8 Å². The molecule has 4 nitrogen and oxygen atoms in total. The summed E-state index contributed by atoms with van der Waals surface area (Å²) in [6.07, 6.45) is 2.63. The van der Waals surface area contributed by atoms with Gasteiger partial charge >= 0.3 is 0 Å². The molecule has 2 rings (SSSR count). The first kappa shape index (κ1) is 15.7. The molecule has 0 spiro atoms. The fourth-order valence-electron chi connectivity index (χ4n) is 2.76. The van der Waals surface area contributed by atoms with Crippen LogP contribution in [-0.4, -0.2) is 28.0 Å². The van der Waals surface area contributed by atoms with Crippen LogP contribution in [0.5, 0.6) is 0 Å². The quantitative estimate of drug-likeness (QED) is 0.856. The number of aliphatic hydroxyl groups excluding tert-OH is 1. The molecule has 0 fully saturated rings. The minimum atomic E-state index is -0.471. The number of hydrogen-bond acceptors (Lipinski definition) is 3. The van der Waals surface area contributed by atoms with Gasteiger partial charge in [0, 0.05) is 30.6 Å². The van der Waals surface area contributed by atoms with E-state index in [0.717, 1.165) is 16.8 Å². The largest absolute Gasteiger partial charge is 0.395 e. The minimum absolute atomic E-state index is 0.0168. The van der Waals surface area contributed by atoms with Crippen molar-refractivity contribution < 1.29 is 5.11 Å². The van der Waals surface area contributed by atoms with E-state index in [1.54, 1.807) is 0 Å². The molecule has 0 aliphatic rings. The average molecular weight is 287 g/mol. The van der Waals surface area contributed by atoms with Crippen LogP contribution in [0.25, 0.3) is 0 Å². The lowest BCUT2D eigenvalue weighted by molar-refractivity contribution is 0.194. The van der Waals surface area contributed by atoms with Crippen molar-refractivity contribution in [3.05, 3.63) is 53.3 Å². The highest BCUT2D eigenvalue weighted by atomic mass is 16.3. The van der Waals surface area contributed by atoms with Crippen molar-refractivity contribution in [2.75, 3.05) is 13.2 Å². The van der Waals surface area contributed by atoms with E-state index in [4.69, 9.17) is 5.73 Å². The molecular formula is C17H25N3O. The van der Waals surface area contributed by atoms with E-state index < -0.39 is 5.41 Å². The van der Waals surface area contributed by atoms with Crippen LogP contribution >= 0.6 is 0 Å². The van der Waals surface area contributed by atoms with E-state index in [9.17, 15) is 5.11 Å². The Balaban J connectivity index is 2.36. The predicted molar refractivity (Wildman–Crippen MR) is 85.3 cm³/mol. The third kappa shape index (κ3) is 3.17. The van der Waals surface area contributed by atoms with E-state index in [2.05, 4.69) is 38.0 Å². The number of aliphatic hydroxyl groups is 1. The van der Waals surface area contributed by atoms with Gasteiger partial charge in [-0.3, -0.25) is 4.68 Å². The highest BCUT2D eigenvalue weighted by Gasteiger charge is 2.32. The van der Waals surface area contributed by atoms with Crippen LogP contribution in [0, 0.1) is 6.92 Å². The zero-order chi connectivity index (χ0) is 15.5. The maximum absolute atomic E-state index is 10.0. The van der Waals surface area contributed by atoms with Gasteiger partial charge in [-0.15, -0.1) is 0 Å². The highest BCUT2D eigenvalue weighted by molar-refractivity contribution is 5.35. The van der Waals surface area contributed by atoms with Gasteiger partial charge in [-0.25, -0.2) is 0 Å². The fraction of sp³-hybridized carbons (Fsp3) is 0.471. The summed E-state index contributed by atoms with van der Waals surface area (Å²) < 4.78 is 1.94. The van der Waals surface area contributed by atoms with Crippen LogP contribution in [0.1, 0.15) is 36.7 Å². The normalized spacial score (nSPS) is 14.4.